The molecule has 1 aliphatic rings. The SMILES string of the molecule is O=C(Nc1ccc(F)c(-n2cc3cc(C(F)(F)F)cnc3n2)c1)N1CC(F)C1. The van der Waals surface area contributed by atoms with Crippen molar-refractivity contribution >= 4 is 22.8 Å². The molecule has 1 aliphatic heterocycles. The highest BCUT2D eigenvalue weighted by Gasteiger charge is 2.32. The van der Waals surface area contributed by atoms with Crippen molar-refractivity contribution in [2.24, 2.45) is 0 Å². The maximum Gasteiger partial charge on any atom is 0.417 e. The molecule has 11 heteroatoms. The first-order valence-electron chi connectivity index (χ1n) is 8.13. The Balaban J connectivity index is 1.64. The van der Waals surface area contributed by atoms with Gasteiger partial charge in [0, 0.05) is 23.5 Å². The van der Waals surface area contributed by atoms with Gasteiger partial charge in [-0.1, -0.05) is 0 Å². The van der Waals surface area contributed by atoms with Gasteiger partial charge in [-0.2, -0.15) is 13.2 Å². The highest BCUT2D eigenvalue weighted by atomic mass is 19.4. The Hall–Kier alpha value is -3.24. The third-order valence-corrected chi connectivity index (χ3v) is 4.25. The van der Waals surface area contributed by atoms with Crippen LogP contribution in [0.5, 0.6) is 0 Å². The first kappa shape index (κ1) is 18.1. The number of carbonyl (C=O) groups is 1. The predicted octanol–water partition coefficient (Wildman–Crippen LogP) is 3.76. The predicted molar refractivity (Wildman–Crippen MR) is 89.3 cm³/mol. The zero-order chi connectivity index (χ0) is 20.1. The van der Waals surface area contributed by atoms with Crippen molar-refractivity contribution in [3.05, 3.63) is 48.0 Å². The van der Waals surface area contributed by atoms with Crippen molar-refractivity contribution in [3.63, 3.8) is 0 Å². The molecule has 146 valence electrons. The molecular formula is C17H12F5N5O. The summed E-state index contributed by atoms with van der Waals surface area (Å²) >= 11 is 0. The summed E-state index contributed by atoms with van der Waals surface area (Å²) in [5.41, 5.74) is -0.790. The van der Waals surface area contributed by atoms with E-state index in [0.717, 1.165) is 16.8 Å². The highest BCUT2D eigenvalue weighted by molar-refractivity contribution is 5.90. The fourth-order valence-corrected chi connectivity index (χ4v) is 2.75. The largest absolute Gasteiger partial charge is 0.417 e. The molecule has 0 unspecified atom stereocenters. The van der Waals surface area contributed by atoms with Crippen LogP contribution in [0, 0.1) is 5.82 Å². The molecular weight excluding hydrogens is 385 g/mol. The number of hydrogen-bond donors (Lipinski definition) is 1. The minimum absolute atomic E-state index is 0.0106. The lowest BCUT2D eigenvalue weighted by Crippen LogP contribution is -2.53. The number of anilines is 1. The third-order valence-electron chi connectivity index (χ3n) is 4.25. The zero-order valence-electron chi connectivity index (χ0n) is 14.0. The van der Waals surface area contributed by atoms with Gasteiger partial charge in [0.25, 0.3) is 0 Å². The van der Waals surface area contributed by atoms with Gasteiger partial charge in [-0.05, 0) is 24.3 Å². The average Bonchev–Trinajstić information content (AvgIpc) is 3.02. The van der Waals surface area contributed by atoms with Crippen molar-refractivity contribution in [1.29, 1.82) is 0 Å². The van der Waals surface area contributed by atoms with Gasteiger partial charge in [-0.25, -0.2) is 23.2 Å². The van der Waals surface area contributed by atoms with Gasteiger partial charge in [-0.3, -0.25) is 0 Å². The molecule has 3 aromatic rings. The number of likely N-dealkylation sites (tertiary alicyclic amines) is 1. The van der Waals surface area contributed by atoms with Crippen molar-refractivity contribution in [1.82, 2.24) is 19.7 Å². The minimum Gasteiger partial charge on any atom is -0.319 e. The molecule has 0 saturated carbocycles. The smallest absolute Gasteiger partial charge is 0.319 e. The second-order valence-corrected chi connectivity index (χ2v) is 6.31. The number of hydrogen-bond acceptors (Lipinski definition) is 3. The lowest BCUT2D eigenvalue weighted by atomic mass is 10.2. The number of rotatable bonds is 2. The zero-order valence-corrected chi connectivity index (χ0v) is 14.0. The van der Waals surface area contributed by atoms with Crippen LogP contribution >= 0.6 is 0 Å². The molecule has 1 fully saturated rings. The number of amides is 2. The summed E-state index contributed by atoms with van der Waals surface area (Å²) in [5.74, 6) is -0.699. The summed E-state index contributed by atoms with van der Waals surface area (Å²) in [6, 6.07) is 4.00. The second-order valence-electron chi connectivity index (χ2n) is 6.31. The van der Waals surface area contributed by atoms with Crippen molar-refractivity contribution in [3.8, 4) is 5.69 Å². The maximum atomic E-state index is 14.2. The quantitative estimate of drug-likeness (QED) is 0.670. The van der Waals surface area contributed by atoms with E-state index in [1.807, 2.05) is 0 Å². The number of nitrogens with zero attached hydrogens (tertiary/aromatic N) is 4. The minimum atomic E-state index is -4.56. The first-order chi connectivity index (χ1) is 13.2. The average molecular weight is 397 g/mol. The number of halogens is 5. The number of nitrogens with one attached hydrogen (secondary N) is 1. The van der Waals surface area contributed by atoms with Crippen LogP contribution in [0.1, 0.15) is 5.56 Å². The van der Waals surface area contributed by atoms with E-state index in [2.05, 4.69) is 15.4 Å². The Morgan fingerprint density at radius 1 is 1.21 bits per heavy atom. The third kappa shape index (κ3) is 3.35. The van der Waals surface area contributed by atoms with E-state index in [1.165, 1.54) is 23.2 Å². The number of aromatic nitrogens is 3. The second kappa shape index (κ2) is 6.43. The molecule has 0 atom stereocenters. The van der Waals surface area contributed by atoms with Crippen LogP contribution in [0.2, 0.25) is 0 Å². The van der Waals surface area contributed by atoms with E-state index < -0.39 is 29.8 Å². The molecule has 4 rings (SSSR count). The molecule has 3 heterocycles. The number of benzene rings is 1. The van der Waals surface area contributed by atoms with Crippen LogP contribution in [0.25, 0.3) is 16.7 Å². The van der Waals surface area contributed by atoms with Crippen LogP contribution in [-0.4, -0.2) is 45.0 Å². The van der Waals surface area contributed by atoms with Crippen LogP contribution in [0.3, 0.4) is 0 Å². The molecule has 0 radical (unpaired) electrons. The van der Waals surface area contributed by atoms with Crippen LogP contribution in [0.4, 0.5) is 32.4 Å². The summed E-state index contributed by atoms with van der Waals surface area (Å²) in [6.07, 6.45) is -3.75. The topological polar surface area (TPSA) is 63.1 Å². The molecule has 0 spiro atoms. The molecule has 0 aliphatic carbocycles. The van der Waals surface area contributed by atoms with E-state index in [-0.39, 0.29) is 35.5 Å². The standard InChI is InChI=1S/C17H12F5N5O/c18-11-7-26(8-11)16(28)24-12-1-2-13(19)14(4-12)27-6-9-3-10(17(20,21)22)5-23-15(9)25-27/h1-6,11H,7-8H2,(H,24,28). The van der Waals surface area contributed by atoms with Gasteiger partial charge in [0.05, 0.1) is 18.7 Å². The summed E-state index contributed by atoms with van der Waals surface area (Å²) in [5, 5.41) is 6.58. The summed E-state index contributed by atoms with van der Waals surface area (Å²) in [6.45, 7) is -0.0325. The van der Waals surface area contributed by atoms with Gasteiger partial charge in [-0.15, -0.1) is 5.10 Å². The van der Waals surface area contributed by atoms with Crippen molar-refractivity contribution in [2.45, 2.75) is 12.3 Å². The van der Waals surface area contributed by atoms with Crippen molar-refractivity contribution < 1.29 is 26.7 Å². The number of alkyl halides is 4. The Labute approximate surface area is 154 Å². The van der Waals surface area contributed by atoms with Crippen LogP contribution < -0.4 is 5.32 Å². The molecule has 1 aromatic carbocycles. The molecule has 6 nitrogen and oxygen atoms in total. The van der Waals surface area contributed by atoms with E-state index in [0.29, 0.717) is 6.20 Å². The van der Waals surface area contributed by atoms with Crippen molar-refractivity contribution in [2.75, 3.05) is 18.4 Å². The monoisotopic (exact) mass is 397 g/mol. The Morgan fingerprint density at radius 2 is 1.96 bits per heavy atom. The Morgan fingerprint density at radius 3 is 2.64 bits per heavy atom. The van der Waals surface area contributed by atoms with Crippen LogP contribution in [-0.2, 0) is 6.18 Å². The molecule has 1 saturated heterocycles. The lowest BCUT2D eigenvalue weighted by molar-refractivity contribution is -0.137. The van der Waals surface area contributed by atoms with Gasteiger partial charge in [0.15, 0.2) is 5.65 Å². The first-order valence-corrected chi connectivity index (χ1v) is 8.13. The Kier molecular flexibility index (Phi) is 4.16. The maximum absolute atomic E-state index is 14.2. The molecule has 1 N–H and O–H groups in total. The normalized spacial score (nSPS) is 15.0. The molecule has 0 bridgehead atoms. The van der Waals surface area contributed by atoms with Gasteiger partial charge in [0.2, 0.25) is 0 Å². The van der Waals surface area contributed by atoms with Gasteiger partial charge >= 0.3 is 12.2 Å². The number of fused-ring (bicyclic) bond motifs is 1. The van der Waals surface area contributed by atoms with Gasteiger partial charge < -0.3 is 10.2 Å². The highest BCUT2D eigenvalue weighted by Crippen LogP contribution is 2.30. The lowest BCUT2D eigenvalue weighted by Gasteiger charge is -2.34. The van der Waals surface area contributed by atoms with E-state index in [9.17, 15) is 26.7 Å². The fraction of sp³-hybridized carbons (Fsp3) is 0.235. The van der Waals surface area contributed by atoms with E-state index in [4.69, 9.17) is 0 Å². The van der Waals surface area contributed by atoms with Gasteiger partial charge in [0.1, 0.15) is 17.7 Å². The summed E-state index contributed by atoms with van der Waals surface area (Å²) in [4.78, 5) is 16.9. The van der Waals surface area contributed by atoms with Crippen LogP contribution in [0.15, 0.2) is 36.7 Å². The molecule has 2 aromatic heterocycles. The van der Waals surface area contributed by atoms with E-state index in [1.54, 1.807) is 0 Å². The Bertz CT molecular complexity index is 1060. The molecule has 28 heavy (non-hydrogen) atoms. The number of carbonyl (C=O) groups excluding carboxylic acids is 1. The van der Waals surface area contributed by atoms with E-state index >= 15 is 0 Å². The summed E-state index contributed by atoms with van der Waals surface area (Å²) < 4.78 is 66.6. The molecule has 2 amide bonds. The number of urea groups is 1. The number of pyridine rings is 1. The summed E-state index contributed by atoms with van der Waals surface area (Å²) in [7, 11) is 0. The fourth-order valence-electron chi connectivity index (χ4n) is 2.75.